The van der Waals surface area contributed by atoms with Crippen LogP contribution in [0.2, 0.25) is 0 Å². The lowest BCUT2D eigenvalue weighted by Gasteiger charge is -2.09. The molecule has 0 amide bonds. The molecule has 0 aliphatic heterocycles. The lowest BCUT2D eigenvalue weighted by Crippen LogP contribution is -2.16. The van der Waals surface area contributed by atoms with Crippen molar-refractivity contribution in [3.63, 3.8) is 0 Å². The molecule has 3 heteroatoms. The Morgan fingerprint density at radius 1 is 1.14 bits per heavy atom. The van der Waals surface area contributed by atoms with E-state index in [4.69, 9.17) is 9.84 Å². The van der Waals surface area contributed by atoms with Gasteiger partial charge in [0.25, 0.3) is 0 Å². The zero-order valence-corrected chi connectivity index (χ0v) is 12.9. The molecule has 0 heterocycles. The van der Waals surface area contributed by atoms with E-state index in [1.807, 2.05) is 6.07 Å². The molecule has 2 rings (SSSR count). The van der Waals surface area contributed by atoms with Crippen molar-refractivity contribution in [2.24, 2.45) is 5.92 Å². The number of aliphatic hydroxyl groups is 1. The maximum atomic E-state index is 8.98. The van der Waals surface area contributed by atoms with Crippen LogP contribution in [0.25, 0.3) is 10.8 Å². The van der Waals surface area contributed by atoms with Gasteiger partial charge in [-0.2, -0.15) is 0 Å². The molecule has 0 saturated heterocycles. The zero-order valence-electron chi connectivity index (χ0n) is 12.9. The maximum absolute atomic E-state index is 8.98. The largest absolute Gasteiger partial charge is 0.497 e. The highest BCUT2D eigenvalue weighted by molar-refractivity contribution is 5.84. The third-order valence-corrected chi connectivity index (χ3v) is 3.80. The second kappa shape index (κ2) is 8.01. The molecule has 0 fully saturated rings. The molecule has 1 atom stereocenters. The summed E-state index contributed by atoms with van der Waals surface area (Å²) in [7, 11) is 1.69. The van der Waals surface area contributed by atoms with Crippen LogP contribution in [0.5, 0.6) is 5.75 Å². The average Bonchev–Trinajstić information content (AvgIpc) is 2.53. The van der Waals surface area contributed by atoms with E-state index in [0.717, 1.165) is 31.7 Å². The molecule has 1 unspecified atom stereocenters. The fraction of sp³-hybridized carbons (Fsp3) is 0.444. The Balaban J connectivity index is 1.85. The van der Waals surface area contributed by atoms with E-state index in [1.165, 1.54) is 16.3 Å². The number of ether oxygens (including phenoxy) is 1. The van der Waals surface area contributed by atoms with Crippen molar-refractivity contribution in [1.82, 2.24) is 5.32 Å². The number of aliphatic hydroxyl groups excluding tert-OH is 1. The molecular weight excluding hydrogens is 262 g/mol. The molecule has 0 saturated carbocycles. The normalized spacial score (nSPS) is 12.5. The maximum Gasteiger partial charge on any atom is 0.119 e. The van der Waals surface area contributed by atoms with Crippen molar-refractivity contribution < 1.29 is 9.84 Å². The van der Waals surface area contributed by atoms with E-state index in [-0.39, 0.29) is 6.61 Å². The summed E-state index contributed by atoms with van der Waals surface area (Å²) in [5, 5.41) is 14.9. The topological polar surface area (TPSA) is 41.5 Å². The fourth-order valence-electron chi connectivity index (χ4n) is 2.41. The van der Waals surface area contributed by atoms with Gasteiger partial charge in [-0.25, -0.2) is 0 Å². The van der Waals surface area contributed by atoms with E-state index in [9.17, 15) is 0 Å². The predicted molar refractivity (Wildman–Crippen MR) is 87.7 cm³/mol. The van der Waals surface area contributed by atoms with Gasteiger partial charge < -0.3 is 15.2 Å². The van der Waals surface area contributed by atoms with Gasteiger partial charge in [0.1, 0.15) is 5.75 Å². The first-order valence-corrected chi connectivity index (χ1v) is 7.61. The molecular formula is C18H25NO2. The summed E-state index contributed by atoms with van der Waals surface area (Å²) in [6.45, 7) is 4.24. The third-order valence-electron chi connectivity index (χ3n) is 3.80. The molecule has 114 valence electrons. The van der Waals surface area contributed by atoms with Crippen LogP contribution in [0.4, 0.5) is 0 Å². The Morgan fingerprint density at radius 2 is 1.90 bits per heavy atom. The molecule has 2 aromatic carbocycles. The Morgan fingerprint density at radius 3 is 2.67 bits per heavy atom. The van der Waals surface area contributed by atoms with Gasteiger partial charge in [0.05, 0.1) is 7.11 Å². The number of hydrogen-bond donors (Lipinski definition) is 2. The molecule has 21 heavy (non-hydrogen) atoms. The van der Waals surface area contributed by atoms with Gasteiger partial charge in [0.15, 0.2) is 0 Å². The summed E-state index contributed by atoms with van der Waals surface area (Å²) in [6, 6.07) is 12.7. The van der Waals surface area contributed by atoms with E-state index in [0.29, 0.717) is 5.92 Å². The first-order chi connectivity index (χ1) is 10.2. The highest BCUT2D eigenvalue weighted by Crippen LogP contribution is 2.21. The number of hydrogen-bond acceptors (Lipinski definition) is 3. The van der Waals surface area contributed by atoms with E-state index in [2.05, 4.69) is 42.6 Å². The van der Waals surface area contributed by atoms with Crippen molar-refractivity contribution in [3.05, 3.63) is 42.0 Å². The van der Waals surface area contributed by atoms with Crippen molar-refractivity contribution in [1.29, 1.82) is 0 Å². The number of rotatable bonds is 8. The van der Waals surface area contributed by atoms with Crippen LogP contribution in [0.15, 0.2) is 36.4 Å². The standard InChI is InChI=1S/C18H25NO2/c1-14(13-20)4-3-9-19-12-15-5-6-17-11-18(21-2)8-7-16(17)10-15/h5-8,10-11,14,19-20H,3-4,9,12-13H2,1-2H3. The SMILES string of the molecule is COc1ccc2cc(CNCCCC(C)CO)ccc2c1. The third kappa shape index (κ3) is 4.73. The number of fused-ring (bicyclic) bond motifs is 1. The quantitative estimate of drug-likeness (QED) is 0.732. The van der Waals surface area contributed by atoms with E-state index in [1.54, 1.807) is 7.11 Å². The van der Waals surface area contributed by atoms with Crippen molar-refractivity contribution in [2.45, 2.75) is 26.3 Å². The summed E-state index contributed by atoms with van der Waals surface area (Å²) in [5.74, 6) is 1.30. The van der Waals surface area contributed by atoms with Crippen molar-refractivity contribution >= 4 is 10.8 Å². The molecule has 0 aliphatic rings. The summed E-state index contributed by atoms with van der Waals surface area (Å²) in [4.78, 5) is 0. The predicted octanol–water partition coefficient (Wildman–Crippen LogP) is 3.35. The summed E-state index contributed by atoms with van der Waals surface area (Å²) < 4.78 is 5.24. The summed E-state index contributed by atoms with van der Waals surface area (Å²) in [5.41, 5.74) is 1.29. The average molecular weight is 287 g/mol. The van der Waals surface area contributed by atoms with Crippen LogP contribution in [-0.2, 0) is 6.54 Å². The van der Waals surface area contributed by atoms with Gasteiger partial charge in [-0.15, -0.1) is 0 Å². The van der Waals surface area contributed by atoms with E-state index < -0.39 is 0 Å². The minimum absolute atomic E-state index is 0.286. The second-order valence-electron chi connectivity index (χ2n) is 5.65. The Kier molecular flexibility index (Phi) is 6.03. The van der Waals surface area contributed by atoms with Gasteiger partial charge in [-0.1, -0.05) is 25.1 Å². The van der Waals surface area contributed by atoms with Gasteiger partial charge in [-0.05, 0) is 59.8 Å². The van der Waals surface area contributed by atoms with E-state index >= 15 is 0 Å². The lowest BCUT2D eigenvalue weighted by molar-refractivity contribution is 0.228. The molecule has 0 aliphatic carbocycles. The molecule has 0 bridgehead atoms. The fourth-order valence-corrected chi connectivity index (χ4v) is 2.41. The molecule has 0 aromatic heterocycles. The number of nitrogens with one attached hydrogen (secondary N) is 1. The van der Waals surface area contributed by atoms with Crippen LogP contribution in [0.1, 0.15) is 25.3 Å². The highest BCUT2D eigenvalue weighted by Gasteiger charge is 2.01. The highest BCUT2D eigenvalue weighted by atomic mass is 16.5. The second-order valence-corrected chi connectivity index (χ2v) is 5.65. The molecule has 2 N–H and O–H groups in total. The smallest absolute Gasteiger partial charge is 0.119 e. The van der Waals surface area contributed by atoms with Crippen molar-refractivity contribution in [2.75, 3.05) is 20.3 Å². The zero-order chi connectivity index (χ0) is 15.1. The van der Waals surface area contributed by atoms with Gasteiger partial charge in [0, 0.05) is 13.2 Å². The summed E-state index contributed by atoms with van der Waals surface area (Å²) in [6.07, 6.45) is 2.17. The molecule has 0 spiro atoms. The summed E-state index contributed by atoms with van der Waals surface area (Å²) >= 11 is 0. The monoisotopic (exact) mass is 287 g/mol. The first kappa shape index (κ1) is 15.8. The van der Waals surface area contributed by atoms with Gasteiger partial charge >= 0.3 is 0 Å². The molecule has 0 radical (unpaired) electrons. The number of methoxy groups -OCH3 is 1. The van der Waals surface area contributed by atoms with Crippen LogP contribution in [-0.4, -0.2) is 25.4 Å². The van der Waals surface area contributed by atoms with Crippen LogP contribution in [0, 0.1) is 5.92 Å². The Labute approximate surface area is 126 Å². The molecule has 2 aromatic rings. The molecule has 3 nitrogen and oxygen atoms in total. The first-order valence-electron chi connectivity index (χ1n) is 7.61. The van der Waals surface area contributed by atoms with Gasteiger partial charge in [-0.3, -0.25) is 0 Å². The minimum Gasteiger partial charge on any atom is -0.497 e. The van der Waals surface area contributed by atoms with Gasteiger partial charge in [0.2, 0.25) is 0 Å². The number of benzene rings is 2. The van der Waals surface area contributed by atoms with Crippen LogP contribution in [0.3, 0.4) is 0 Å². The Bertz CT molecular complexity index is 568. The van der Waals surface area contributed by atoms with Crippen LogP contribution >= 0.6 is 0 Å². The lowest BCUT2D eigenvalue weighted by atomic mass is 10.1. The van der Waals surface area contributed by atoms with Crippen molar-refractivity contribution in [3.8, 4) is 5.75 Å². The minimum atomic E-state index is 0.286. The Hall–Kier alpha value is -1.58. The van der Waals surface area contributed by atoms with Crippen LogP contribution < -0.4 is 10.1 Å².